The van der Waals surface area contributed by atoms with Crippen LogP contribution in [0.2, 0.25) is 0 Å². The molecule has 5 rings (SSSR count). The van der Waals surface area contributed by atoms with Crippen LogP contribution in [0.4, 0.5) is 21.6 Å². The zero-order chi connectivity index (χ0) is 20.5. The number of fused-ring (bicyclic) bond motifs is 2. The first-order valence-electron chi connectivity index (χ1n) is 9.51. The summed E-state index contributed by atoms with van der Waals surface area (Å²) >= 11 is 3.03. The number of carbonyl (C=O) groups excluding carboxylic acids is 1. The lowest BCUT2D eigenvalue weighted by molar-refractivity contribution is 0.0520. The van der Waals surface area contributed by atoms with Crippen LogP contribution in [0.15, 0.2) is 47.8 Å². The number of hydrogen-bond acceptors (Lipinski definition) is 9. The molecule has 3 heterocycles. The standard InChI is InChI=1S/C21H18N4O3S2/c1-2-27-19(26)15-12-29-21(24-15)25-9-10-28-17-11-13(7-8-16(17)25)22-20-23-14-5-3-4-6-18(14)30-20/h3-8,11-12H,2,9-10H2,1H3,(H,22,23). The molecule has 2 aromatic carbocycles. The Morgan fingerprint density at radius 1 is 1.27 bits per heavy atom. The zero-order valence-electron chi connectivity index (χ0n) is 16.1. The Morgan fingerprint density at radius 2 is 2.17 bits per heavy atom. The van der Waals surface area contributed by atoms with Gasteiger partial charge in [0.25, 0.3) is 0 Å². The molecule has 0 spiro atoms. The van der Waals surface area contributed by atoms with Crippen molar-refractivity contribution in [3.05, 3.63) is 53.5 Å². The highest BCUT2D eigenvalue weighted by Crippen LogP contribution is 2.40. The van der Waals surface area contributed by atoms with Crippen molar-refractivity contribution in [3.63, 3.8) is 0 Å². The van der Waals surface area contributed by atoms with Gasteiger partial charge in [0.2, 0.25) is 0 Å². The van der Waals surface area contributed by atoms with Gasteiger partial charge in [-0.1, -0.05) is 23.5 Å². The van der Waals surface area contributed by atoms with Gasteiger partial charge in [-0.25, -0.2) is 14.8 Å². The number of nitrogens with one attached hydrogen (secondary N) is 1. The molecule has 0 saturated heterocycles. The number of anilines is 4. The molecule has 0 radical (unpaired) electrons. The van der Waals surface area contributed by atoms with Gasteiger partial charge in [-0.15, -0.1) is 11.3 Å². The normalized spacial score (nSPS) is 13.0. The van der Waals surface area contributed by atoms with Crippen molar-refractivity contribution in [1.29, 1.82) is 0 Å². The van der Waals surface area contributed by atoms with Gasteiger partial charge in [0, 0.05) is 17.1 Å². The van der Waals surface area contributed by atoms with E-state index in [-0.39, 0.29) is 0 Å². The fourth-order valence-corrected chi connectivity index (χ4v) is 4.95. The van der Waals surface area contributed by atoms with E-state index in [1.807, 2.05) is 36.4 Å². The first kappa shape index (κ1) is 18.8. The number of benzene rings is 2. The van der Waals surface area contributed by atoms with Crippen molar-refractivity contribution in [3.8, 4) is 5.75 Å². The average Bonchev–Trinajstić information content (AvgIpc) is 3.40. The fourth-order valence-electron chi connectivity index (χ4n) is 3.23. The topological polar surface area (TPSA) is 76.6 Å². The Bertz CT molecular complexity index is 1190. The lowest BCUT2D eigenvalue weighted by Crippen LogP contribution is -2.28. The number of ether oxygens (including phenoxy) is 2. The second-order valence-electron chi connectivity index (χ2n) is 6.53. The predicted octanol–water partition coefficient (Wildman–Crippen LogP) is 5.20. The molecule has 0 aliphatic carbocycles. The van der Waals surface area contributed by atoms with Crippen molar-refractivity contribution in [2.45, 2.75) is 6.92 Å². The largest absolute Gasteiger partial charge is 0.489 e. The summed E-state index contributed by atoms with van der Waals surface area (Å²) in [6, 6.07) is 14.0. The van der Waals surface area contributed by atoms with E-state index >= 15 is 0 Å². The van der Waals surface area contributed by atoms with Crippen LogP contribution in [-0.4, -0.2) is 35.7 Å². The number of para-hydroxylation sites is 1. The highest BCUT2D eigenvalue weighted by Gasteiger charge is 2.24. The van der Waals surface area contributed by atoms with Gasteiger partial charge in [0.1, 0.15) is 12.4 Å². The van der Waals surface area contributed by atoms with Crippen LogP contribution < -0.4 is 15.0 Å². The van der Waals surface area contributed by atoms with E-state index in [2.05, 4.69) is 26.3 Å². The molecule has 1 aliphatic heterocycles. The lowest BCUT2D eigenvalue weighted by Gasteiger charge is -2.29. The van der Waals surface area contributed by atoms with E-state index in [1.165, 1.54) is 11.3 Å². The average molecular weight is 439 g/mol. The maximum absolute atomic E-state index is 11.9. The van der Waals surface area contributed by atoms with Gasteiger partial charge < -0.3 is 19.7 Å². The molecule has 30 heavy (non-hydrogen) atoms. The second kappa shape index (κ2) is 7.92. The molecule has 0 atom stereocenters. The molecule has 1 N–H and O–H groups in total. The van der Waals surface area contributed by atoms with Gasteiger partial charge >= 0.3 is 5.97 Å². The van der Waals surface area contributed by atoms with Gasteiger partial charge in [0.05, 0.1) is 29.1 Å². The summed E-state index contributed by atoms with van der Waals surface area (Å²) in [5, 5.41) is 6.67. The molecule has 0 bridgehead atoms. The first-order valence-corrected chi connectivity index (χ1v) is 11.2. The minimum atomic E-state index is -0.399. The predicted molar refractivity (Wildman–Crippen MR) is 120 cm³/mol. The Balaban J connectivity index is 1.39. The number of rotatable bonds is 5. The van der Waals surface area contributed by atoms with E-state index in [0.717, 1.165) is 37.6 Å². The Labute approximate surface area is 180 Å². The van der Waals surface area contributed by atoms with Crippen LogP contribution in [0.25, 0.3) is 10.2 Å². The van der Waals surface area contributed by atoms with Crippen LogP contribution in [-0.2, 0) is 4.74 Å². The van der Waals surface area contributed by atoms with E-state index in [9.17, 15) is 4.79 Å². The molecule has 2 aromatic heterocycles. The van der Waals surface area contributed by atoms with Gasteiger partial charge in [-0.05, 0) is 31.2 Å². The summed E-state index contributed by atoms with van der Waals surface area (Å²) < 4.78 is 12.1. The van der Waals surface area contributed by atoms with Crippen molar-refractivity contribution in [2.75, 3.05) is 30.0 Å². The second-order valence-corrected chi connectivity index (χ2v) is 8.40. The molecule has 9 heteroatoms. The summed E-state index contributed by atoms with van der Waals surface area (Å²) in [6.07, 6.45) is 0. The molecule has 1 aliphatic rings. The number of aromatic nitrogens is 2. The quantitative estimate of drug-likeness (QED) is 0.429. The third-order valence-corrected chi connectivity index (χ3v) is 6.39. The zero-order valence-corrected chi connectivity index (χ0v) is 17.8. The number of carbonyl (C=O) groups is 1. The molecular formula is C21H18N4O3S2. The van der Waals surface area contributed by atoms with Gasteiger partial charge in [-0.3, -0.25) is 0 Å². The third-order valence-electron chi connectivity index (χ3n) is 4.58. The SMILES string of the molecule is CCOC(=O)c1csc(N2CCOc3cc(Nc4nc5ccccc5s4)ccc32)n1. The summed E-state index contributed by atoms with van der Waals surface area (Å²) in [7, 11) is 0. The molecule has 0 amide bonds. The summed E-state index contributed by atoms with van der Waals surface area (Å²) in [5.74, 6) is 0.365. The Morgan fingerprint density at radius 3 is 3.03 bits per heavy atom. The Hall–Kier alpha value is -3.17. The van der Waals surface area contributed by atoms with Crippen molar-refractivity contribution >= 4 is 60.5 Å². The minimum absolute atomic E-state index is 0.330. The maximum atomic E-state index is 11.9. The van der Waals surface area contributed by atoms with E-state index in [0.29, 0.717) is 25.5 Å². The summed E-state index contributed by atoms with van der Waals surface area (Å²) in [6.45, 7) is 3.30. The molecule has 0 fully saturated rings. The maximum Gasteiger partial charge on any atom is 0.357 e. The molecule has 152 valence electrons. The van der Waals surface area contributed by atoms with Crippen LogP contribution >= 0.6 is 22.7 Å². The van der Waals surface area contributed by atoms with E-state index in [4.69, 9.17) is 9.47 Å². The van der Waals surface area contributed by atoms with Crippen molar-refractivity contribution < 1.29 is 14.3 Å². The first-order chi connectivity index (χ1) is 14.7. The molecule has 0 unspecified atom stereocenters. The van der Waals surface area contributed by atoms with Gasteiger partial charge in [-0.2, -0.15) is 0 Å². The smallest absolute Gasteiger partial charge is 0.357 e. The minimum Gasteiger partial charge on any atom is -0.489 e. The van der Waals surface area contributed by atoms with E-state index in [1.54, 1.807) is 23.6 Å². The number of nitrogens with zero attached hydrogens (tertiary/aromatic N) is 3. The molecule has 0 saturated carbocycles. The van der Waals surface area contributed by atoms with Gasteiger partial charge in [0.15, 0.2) is 16.0 Å². The fraction of sp³-hybridized carbons (Fsp3) is 0.190. The van der Waals surface area contributed by atoms with Crippen LogP contribution in [0.3, 0.4) is 0 Å². The number of esters is 1. The van der Waals surface area contributed by atoms with Crippen LogP contribution in [0.5, 0.6) is 5.75 Å². The van der Waals surface area contributed by atoms with Crippen LogP contribution in [0, 0.1) is 0 Å². The van der Waals surface area contributed by atoms with E-state index < -0.39 is 5.97 Å². The summed E-state index contributed by atoms with van der Waals surface area (Å²) in [4.78, 5) is 23.1. The molecule has 7 nitrogen and oxygen atoms in total. The lowest BCUT2D eigenvalue weighted by atomic mass is 10.2. The monoisotopic (exact) mass is 438 g/mol. The molecule has 4 aromatic rings. The highest BCUT2D eigenvalue weighted by molar-refractivity contribution is 7.22. The van der Waals surface area contributed by atoms with Crippen molar-refractivity contribution in [1.82, 2.24) is 9.97 Å². The Kier molecular flexibility index (Phi) is 4.97. The molecular weight excluding hydrogens is 420 g/mol. The summed E-state index contributed by atoms with van der Waals surface area (Å²) in [5.41, 5.74) is 3.13. The third kappa shape index (κ3) is 3.57. The number of thiazole rings is 2. The highest BCUT2D eigenvalue weighted by atomic mass is 32.1. The van der Waals surface area contributed by atoms with Crippen molar-refractivity contribution in [2.24, 2.45) is 0 Å². The number of hydrogen-bond donors (Lipinski definition) is 1. The van der Waals surface area contributed by atoms with Crippen LogP contribution in [0.1, 0.15) is 17.4 Å².